The second-order valence-electron chi connectivity index (χ2n) is 4.75. The number of hydrogen-bond acceptors (Lipinski definition) is 3. The van der Waals surface area contributed by atoms with Gasteiger partial charge in [-0.1, -0.05) is 26.0 Å². The van der Waals surface area contributed by atoms with Crippen LogP contribution < -0.4 is 15.8 Å². The largest absolute Gasteiger partial charge is 0.480 e. The molecule has 4 nitrogen and oxygen atoms in total. The van der Waals surface area contributed by atoms with Crippen molar-refractivity contribution in [3.63, 3.8) is 0 Å². The summed E-state index contributed by atoms with van der Waals surface area (Å²) in [5.74, 6) is -0.240. The van der Waals surface area contributed by atoms with Crippen molar-refractivity contribution in [3.8, 4) is 5.75 Å². The maximum atomic E-state index is 13.6. The predicted molar refractivity (Wildman–Crippen MR) is 72.5 cm³/mol. The highest BCUT2D eigenvalue weighted by atomic mass is 19.1. The minimum absolute atomic E-state index is 0.118. The van der Waals surface area contributed by atoms with E-state index in [4.69, 9.17) is 10.5 Å². The fraction of sp³-hybridized carbons (Fsp3) is 0.500. The van der Waals surface area contributed by atoms with Crippen molar-refractivity contribution in [2.75, 3.05) is 19.7 Å². The molecule has 0 spiro atoms. The van der Waals surface area contributed by atoms with Gasteiger partial charge >= 0.3 is 0 Å². The molecule has 1 rings (SSSR count). The summed E-state index contributed by atoms with van der Waals surface area (Å²) in [5.41, 5.74) is 6.14. The zero-order valence-electron chi connectivity index (χ0n) is 11.4. The highest BCUT2D eigenvalue weighted by molar-refractivity contribution is 5.77. The number of halogens is 1. The van der Waals surface area contributed by atoms with Crippen molar-refractivity contribution in [3.05, 3.63) is 29.6 Å². The quantitative estimate of drug-likeness (QED) is 0.787. The van der Waals surface area contributed by atoms with Gasteiger partial charge in [0.05, 0.1) is 0 Å². The number of rotatable bonds is 7. The number of nitrogens with one attached hydrogen (secondary N) is 1. The van der Waals surface area contributed by atoms with E-state index in [1.807, 2.05) is 13.8 Å². The molecule has 0 aliphatic carbocycles. The normalized spacial score (nSPS) is 10.6. The van der Waals surface area contributed by atoms with Gasteiger partial charge in [-0.05, 0) is 30.5 Å². The number of benzene rings is 1. The Morgan fingerprint density at radius 1 is 1.47 bits per heavy atom. The molecule has 0 aromatic heterocycles. The van der Waals surface area contributed by atoms with Crippen LogP contribution in [-0.4, -0.2) is 25.6 Å². The summed E-state index contributed by atoms with van der Waals surface area (Å²) >= 11 is 0. The Labute approximate surface area is 113 Å². The van der Waals surface area contributed by atoms with E-state index in [1.165, 1.54) is 6.07 Å². The second kappa shape index (κ2) is 7.74. The standard InChI is InChI=1S/C14H21FN2O2/c1-10(2)8-17-13(18)9-19-14-11(6-7-16)4-3-5-12(14)15/h3-5,10H,6-9,16H2,1-2H3,(H,17,18). The van der Waals surface area contributed by atoms with Gasteiger partial charge < -0.3 is 15.8 Å². The van der Waals surface area contributed by atoms with Crippen LogP contribution in [0.15, 0.2) is 18.2 Å². The SMILES string of the molecule is CC(C)CNC(=O)COc1c(F)cccc1CCN. The van der Waals surface area contributed by atoms with Crippen molar-refractivity contribution in [2.45, 2.75) is 20.3 Å². The molecule has 19 heavy (non-hydrogen) atoms. The first kappa shape index (κ1) is 15.4. The lowest BCUT2D eigenvalue weighted by Gasteiger charge is -2.12. The Morgan fingerprint density at radius 3 is 2.84 bits per heavy atom. The number of nitrogens with two attached hydrogens (primary N) is 1. The van der Waals surface area contributed by atoms with Crippen LogP contribution in [0, 0.1) is 11.7 Å². The Balaban J connectivity index is 2.59. The van der Waals surface area contributed by atoms with Gasteiger partial charge in [0.25, 0.3) is 5.91 Å². The fourth-order valence-electron chi connectivity index (χ4n) is 1.57. The van der Waals surface area contributed by atoms with E-state index in [1.54, 1.807) is 12.1 Å². The maximum Gasteiger partial charge on any atom is 0.257 e. The van der Waals surface area contributed by atoms with E-state index in [2.05, 4.69) is 5.32 Å². The molecule has 0 radical (unpaired) electrons. The van der Waals surface area contributed by atoms with Crippen LogP contribution in [0.1, 0.15) is 19.4 Å². The molecule has 0 heterocycles. The molecule has 0 saturated carbocycles. The number of para-hydroxylation sites is 1. The summed E-state index contributed by atoms with van der Waals surface area (Å²) in [4.78, 5) is 11.5. The van der Waals surface area contributed by atoms with Crippen LogP contribution in [0.4, 0.5) is 4.39 Å². The molecule has 1 aromatic carbocycles. The van der Waals surface area contributed by atoms with Gasteiger partial charge in [-0.3, -0.25) is 4.79 Å². The van der Waals surface area contributed by atoms with E-state index in [0.717, 1.165) is 0 Å². The van der Waals surface area contributed by atoms with Crippen molar-refractivity contribution in [1.82, 2.24) is 5.32 Å². The average molecular weight is 268 g/mol. The summed E-state index contributed by atoms with van der Waals surface area (Å²) in [5, 5.41) is 2.71. The first-order valence-corrected chi connectivity index (χ1v) is 6.41. The number of amides is 1. The van der Waals surface area contributed by atoms with Gasteiger partial charge in [0.2, 0.25) is 0 Å². The first-order valence-electron chi connectivity index (χ1n) is 6.41. The molecular weight excluding hydrogens is 247 g/mol. The van der Waals surface area contributed by atoms with E-state index >= 15 is 0 Å². The summed E-state index contributed by atoms with van der Waals surface area (Å²) in [6.45, 7) is 4.79. The zero-order valence-corrected chi connectivity index (χ0v) is 11.4. The van der Waals surface area contributed by atoms with Crippen LogP contribution in [0.2, 0.25) is 0 Å². The van der Waals surface area contributed by atoms with E-state index in [0.29, 0.717) is 31.0 Å². The number of ether oxygens (including phenoxy) is 1. The smallest absolute Gasteiger partial charge is 0.257 e. The second-order valence-corrected chi connectivity index (χ2v) is 4.75. The monoisotopic (exact) mass is 268 g/mol. The molecule has 0 fully saturated rings. The molecule has 1 amide bonds. The zero-order chi connectivity index (χ0) is 14.3. The lowest BCUT2D eigenvalue weighted by Crippen LogP contribution is -2.32. The highest BCUT2D eigenvalue weighted by Crippen LogP contribution is 2.22. The third-order valence-electron chi connectivity index (χ3n) is 2.52. The van der Waals surface area contributed by atoms with Gasteiger partial charge in [0, 0.05) is 6.54 Å². The van der Waals surface area contributed by atoms with E-state index in [9.17, 15) is 9.18 Å². The van der Waals surface area contributed by atoms with Crippen LogP contribution in [-0.2, 0) is 11.2 Å². The minimum atomic E-state index is -0.470. The third kappa shape index (κ3) is 5.26. The molecule has 106 valence electrons. The lowest BCUT2D eigenvalue weighted by atomic mass is 10.1. The van der Waals surface area contributed by atoms with Gasteiger partial charge in [-0.25, -0.2) is 4.39 Å². The first-order chi connectivity index (χ1) is 9.04. The van der Waals surface area contributed by atoms with Crippen molar-refractivity contribution in [1.29, 1.82) is 0 Å². The third-order valence-corrected chi connectivity index (χ3v) is 2.52. The average Bonchev–Trinajstić information content (AvgIpc) is 2.36. The Morgan fingerprint density at radius 2 is 2.21 bits per heavy atom. The summed E-state index contributed by atoms with van der Waals surface area (Å²) < 4.78 is 18.9. The summed E-state index contributed by atoms with van der Waals surface area (Å²) in [6.07, 6.45) is 0.515. The number of carbonyl (C=O) groups is 1. The summed E-state index contributed by atoms with van der Waals surface area (Å²) in [6, 6.07) is 4.66. The van der Waals surface area contributed by atoms with Crippen LogP contribution in [0.25, 0.3) is 0 Å². The predicted octanol–water partition coefficient (Wildman–Crippen LogP) is 1.48. The fourth-order valence-corrected chi connectivity index (χ4v) is 1.57. The number of hydrogen-bond donors (Lipinski definition) is 2. The van der Waals surface area contributed by atoms with Gasteiger partial charge in [0.1, 0.15) is 0 Å². The Bertz CT molecular complexity index is 422. The van der Waals surface area contributed by atoms with Crippen LogP contribution >= 0.6 is 0 Å². The molecule has 5 heteroatoms. The molecular formula is C14H21FN2O2. The molecule has 3 N–H and O–H groups in total. The lowest BCUT2D eigenvalue weighted by molar-refractivity contribution is -0.123. The van der Waals surface area contributed by atoms with Gasteiger partial charge in [0.15, 0.2) is 18.2 Å². The Hall–Kier alpha value is -1.62. The van der Waals surface area contributed by atoms with E-state index in [-0.39, 0.29) is 18.3 Å². The topological polar surface area (TPSA) is 64.3 Å². The van der Waals surface area contributed by atoms with Crippen LogP contribution in [0.3, 0.4) is 0 Å². The molecule has 0 unspecified atom stereocenters. The molecule has 0 saturated heterocycles. The van der Waals surface area contributed by atoms with Crippen molar-refractivity contribution < 1.29 is 13.9 Å². The van der Waals surface area contributed by atoms with Crippen molar-refractivity contribution >= 4 is 5.91 Å². The van der Waals surface area contributed by atoms with Gasteiger partial charge in [-0.15, -0.1) is 0 Å². The Kier molecular flexibility index (Phi) is 6.29. The van der Waals surface area contributed by atoms with E-state index < -0.39 is 5.82 Å². The van der Waals surface area contributed by atoms with Gasteiger partial charge in [-0.2, -0.15) is 0 Å². The maximum absolute atomic E-state index is 13.6. The molecule has 1 aromatic rings. The molecule has 0 bridgehead atoms. The number of carbonyl (C=O) groups excluding carboxylic acids is 1. The molecule has 0 aliphatic heterocycles. The highest BCUT2D eigenvalue weighted by Gasteiger charge is 2.11. The van der Waals surface area contributed by atoms with Crippen molar-refractivity contribution in [2.24, 2.45) is 11.7 Å². The van der Waals surface area contributed by atoms with Crippen LogP contribution in [0.5, 0.6) is 5.75 Å². The molecule has 0 aliphatic rings. The minimum Gasteiger partial charge on any atom is -0.480 e. The summed E-state index contributed by atoms with van der Waals surface area (Å²) in [7, 11) is 0. The molecule has 0 atom stereocenters.